The van der Waals surface area contributed by atoms with Crippen LogP contribution in [0.1, 0.15) is 118 Å². The summed E-state index contributed by atoms with van der Waals surface area (Å²) in [5, 5.41) is 21.9. The molecule has 3 aromatic rings. The largest absolute Gasteiger partial charge is 0.487 e. The van der Waals surface area contributed by atoms with Crippen LogP contribution in [0, 0.1) is 0 Å². The number of nitrogens with one attached hydrogen (secondary N) is 3. The normalized spacial score (nSPS) is 20.1. The van der Waals surface area contributed by atoms with Crippen molar-refractivity contribution in [1.82, 2.24) is 15.2 Å². The summed E-state index contributed by atoms with van der Waals surface area (Å²) in [7, 11) is 0. The molecule has 3 aliphatic rings. The Labute approximate surface area is 279 Å². The third kappa shape index (κ3) is 7.76. The van der Waals surface area contributed by atoms with Crippen molar-refractivity contribution in [3.05, 3.63) is 93.4 Å². The van der Waals surface area contributed by atoms with E-state index in [9.17, 15) is 14.7 Å². The Morgan fingerprint density at radius 2 is 1.77 bits per heavy atom. The lowest BCUT2D eigenvalue weighted by Gasteiger charge is -2.41. The third-order valence-corrected chi connectivity index (χ3v) is 10.4. The van der Waals surface area contributed by atoms with Crippen LogP contribution in [0.15, 0.2) is 65.6 Å². The van der Waals surface area contributed by atoms with Gasteiger partial charge in [0.25, 0.3) is 11.5 Å². The summed E-state index contributed by atoms with van der Waals surface area (Å²) in [6.45, 7) is 6.45. The highest BCUT2D eigenvalue weighted by molar-refractivity contribution is 5.95. The average molecular weight is 641 g/mol. The van der Waals surface area contributed by atoms with E-state index in [-0.39, 0.29) is 35.2 Å². The molecule has 2 aliphatic carbocycles. The molecular weight excluding hydrogens is 588 g/mol. The molecule has 2 aromatic carbocycles. The molecule has 1 unspecified atom stereocenters. The van der Waals surface area contributed by atoms with E-state index < -0.39 is 12.1 Å². The van der Waals surface area contributed by atoms with Crippen LogP contribution < -0.4 is 26.2 Å². The number of rotatable bonds is 12. The summed E-state index contributed by atoms with van der Waals surface area (Å²) in [4.78, 5) is 27.4. The number of aromatic nitrogens is 1. The standard InChI is InChI=1S/C39H52N4O4/c1-4-27-16-17-36-31(20-27)34(23-39(47-36)18-10-11-19-39)40-24-35(44)32(21-28-12-6-5-7-13-28)42-37(45)29-22-33(41-26(2)3)38(46)43(25-29)30-14-8-9-15-30/h5-7,12-13,16-17,20,22,25-26,30,32,34-35,40-41,44H,4,8-11,14-15,18-19,21,23-24H2,1-3H3,(H,42,45)/t32-,34?,35+/m0/s1. The van der Waals surface area contributed by atoms with Gasteiger partial charge in [0, 0.05) is 42.9 Å². The van der Waals surface area contributed by atoms with Crippen molar-refractivity contribution < 1.29 is 14.6 Å². The average Bonchev–Trinajstić information content (AvgIpc) is 3.77. The summed E-state index contributed by atoms with van der Waals surface area (Å²) in [6, 6.07) is 17.8. The van der Waals surface area contributed by atoms with Gasteiger partial charge in [0.15, 0.2) is 0 Å². The van der Waals surface area contributed by atoms with Crippen molar-refractivity contribution in [3.8, 4) is 5.75 Å². The van der Waals surface area contributed by atoms with E-state index in [4.69, 9.17) is 4.74 Å². The first-order valence-corrected chi connectivity index (χ1v) is 17.8. The van der Waals surface area contributed by atoms with Gasteiger partial charge < -0.3 is 30.4 Å². The van der Waals surface area contributed by atoms with Gasteiger partial charge in [-0.05, 0) is 88.5 Å². The second-order valence-corrected chi connectivity index (χ2v) is 14.3. The molecule has 2 heterocycles. The van der Waals surface area contributed by atoms with Crippen molar-refractivity contribution in [2.45, 2.75) is 127 Å². The fraction of sp³-hybridized carbons (Fsp3) is 0.538. The van der Waals surface area contributed by atoms with Crippen LogP contribution >= 0.6 is 0 Å². The van der Waals surface area contributed by atoms with Gasteiger partial charge in [-0.25, -0.2) is 0 Å². The maximum absolute atomic E-state index is 14.0. The van der Waals surface area contributed by atoms with Crippen molar-refractivity contribution >= 4 is 11.6 Å². The molecule has 3 atom stereocenters. The summed E-state index contributed by atoms with van der Waals surface area (Å²) >= 11 is 0. The number of aliphatic hydroxyl groups is 1. The van der Waals surface area contributed by atoms with E-state index in [1.807, 2.05) is 44.2 Å². The number of fused-ring (bicyclic) bond motifs is 1. The molecule has 2 saturated carbocycles. The lowest BCUT2D eigenvalue weighted by atomic mass is 9.85. The van der Waals surface area contributed by atoms with Gasteiger partial charge in [-0.15, -0.1) is 0 Å². The fourth-order valence-corrected chi connectivity index (χ4v) is 7.85. The SMILES string of the molecule is CCc1ccc2c(c1)C(NC[C@@H](O)[C@H](Cc1ccccc1)NC(=O)c1cc(NC(C)C)c(=O)n(C3CCCC3)c1)CC1(CCCC1)O2. The summed E-state index contributed by atoms with van der Waals surface area (Å²) in [5.41, 5.74) is 4.06. The second-order valence-electron chi connectivity index (χ2n) is 14.3. The Bertz CT molecular complexity index is 1570. The number of hydrogen-bond donors (Lipinski definition) is 4. The van der Waals surface area contributed by atoms with Crippen molar-refractivity contribution in [2.75, 3.05) is 11.9 Å². The number of ether oxygens (including phenoxy) is 1. The minimum atomic E-state index is -0.853. The van der Waals surface area contributed by atoms with Gasteiger partial charge in [0.1, 0.15) is 17.0 Å². The Balaban J connectivity index is 1.24. The van der Waals surface area contributed by atoms with E-state index >= 15 is 0 Å². The molecule has 2 fully saturated rings. The number of pyridine rings is 1. The zero-order chi connectivity index (χ0) is 33.0. The molecule has 0 bridgehead atoms. The van der Waals surface area contributed by atoms with Gasteiger partial charge in [0.2, 0.25) is 0 Å². The van der Waals surface area contributed by atoms with Crippen LogP contribution in [-0.2, 0) is 12.8 Å². The topological polar surface area (TPSA) is 105 Å². The Morgan fingerprint density at radius 3 is 2.47 bits per heavy atom. The highest BCUT2D eigenvalue weighted by Gasteiger charge is 2.43. The van der Waals surface area contributed by atoms with Gasteiger partial charge >= 0.3 is 0 Å². The van der Waals surface area contributed by atoms with Gasteiger partial charge in [-0.3, -0.25) is 9.59 Å². The van der Waals surface area contributed by atoms with Gasteiger partial charge in [-0.2, -0.15) is 0 Å². The molecule has 1 aromatic heterocycles. The van der Waals surface area contributed by atoms with Crippen LogP contribution in [0.2, 0.25) is 0 Å². The number of hydrogen-bond acceptors (Lipinski definition) is 6. The maximum atomic E-state index is 14.0. The summed E-state index contributed by atoms with van der Waals surface area (Å²) < 4.78 is 8.40. The van der Waals surface area contributed by atoms with Crippen LogP contribution in [0.25, 0.3) is 0 Å². The molecule has 8 heteroatoms. The predicted octanol–water partition coefficient (Wildman–Crippen LogP) is 6.47. The molecular formula is C39H52N4O4. The Kier molecular flexibility index (Phi) is 10.4. The number of benzene rings is 2. The molecule has 252 valence electrons. The molecule has 1 aliphatic heterocycles. The Hall–Kier alpha value is -3.62. The molecule has 6 rings (SSSR count). The summed E-state index contributed by atoms with van der Waals surface area (Å²) in [5.74, 6) is 0.650. The van der Waals surface area contributed by atoms with E-state index in [0.29, 0.717) is 24.2 Å². The highest BCUT2D eigenvalue weighted by Crippen LogP contribution is 2.47. The first-order valence-electron chi connectivity index (χ1n) is 17.8. The van der Waals surface area contributed by atoms with E-state index in [2.05, 4.69) is 41.1 Å². The van der Waals surface area contributed by atoms with Crippen LogP contribution in [0.3, 0.4) is 0 Å². The maximum Gasteiger partial charge on any atom is 0.274 e. The second kappa shape index (κ2) is 14.7. The molecule has 0 saturated heterocycles. The molecule has 8 nitrogen and oxygen atoms in total. The Morgan fingerprint density at radius 1 is 1.02 bits per heavy atom. The van der Waals surface area contributed by atoms with E-state index in [1.165, 1.54) is 18.4 Å². The minimum Gasteiger partial charge on any atom is -0.487 e. The van der Waals surface area contributed by atoms with E-state index in [0.717, 1.165) is 68.2 Å². The molecule has 1 spiro atoms. The quantitative estimate of drug-likeness (QED) is 0.181. The first kappa shape index (κ1) is 33.3. The van der Waals surface area contributed by atoms with Crippen LogP contribution in [0.4, 0.5) is 5.69 Å². The highest BCUT2D eigenvalue weighted by atomic mass is 16.5. The predicted molar refractivity (Wildman–Crippen MR) is 187 cm³/mol. The lowest BCUT2D eigenvalue weighted by molar-refractivity contribution is 0.0326. The smallest absolute Gasteiger partial charge is 0.274 e. The van der Waals surface area contributed by atoms with E-state index in [1.54, 1.807) is 16.8 Å². The molecule has 0 radical (unpaired) electrons. The van der Waals surface area contributed by atoms with Crippen molar-refractivity contribution in [2.24, 2.45) is 0 Å². The number of carbonyl (C=O) groups is 1. The number of carbonyl (C=O) groups excluding carboxylic acids is 1. The molecule has 1 amide bonds. The zero-order valence-electron chi connectivity index (χ0n) is 28.3. The molecule has 4 N–H and O–H groups in total. The minimum absolute atomic E-state index is 0.0452. The van der Waals surface area contributed by atoms with Gasteiger partial charge in [-0.1, -0.05) is 62.2 Å². The monoisotopic (exact) mass is 640 g/mol. The zero-order valence-corrected chi connectivity index (χ0v) is 28.3. The van der Waals surface area contributed by atoms with Gasteiger partial charge in [0.05, 0.1) is 17.7 Å². The number of aryl methyl sites for hydroxylation is 1. The lowest BCUT2D eigenvalue weighted by Crippen LogP contribution is -2.50. The fourth-order valence-electron chi connectivity index (χ4n) is 7.85. The van der Waals surface area contributed by atoms with Crippen molar-refractivity contribution in [3.63, 3.8) is 0 Å². The van der Waals surface area contributed by atoms with Crippen molar-refractivity contribution in [1.29, 1.82) is 0 Å². The number of amides is 1. The molecule has 47 heavy (non-hydrogen) atoms. The van der Waals surface area contributed by atoms with Crippen LogP contribution in [-0.4, -0.2) is 45.9 Å². The number of aliphatic hydroxyl groups excluding tert-OH is 1. The summed E-state index contributed by atoms with van der Waals surface area (Å²) in [6.07, 6.45) is 11.6. The first-order chi connectivity index (χ1) is 22.7. The number of anilines is 1. The van der Waals surface area contributed by atoms with Crippen LogP contribution in [0.5, 0.6) is 5.75 Å². The third-order valence-electron chi connectivity index (χ3n) is 10.4. The number of nitrogens with zero attached hydrogens (tertiary/aromatic N) is 1.